The predicted octanol–water partition coefficient (Wildman–Crippen LogP) is 6.58. The summed E-state index contributed by atoms with van der Waals surface area (Å²) in [4.78, 5) is 22.6. The highest BCUT2D eigenvalue weighted by molar-refractivity contribution is 7.80. The van der Waals surface area contributed by atoms with Crippen LogP contribution in [0.5, 0.6) is 5.75 Å². The summed E-state index contributed by atoms with van der Waals surface area (Å²) >= 11 is 33.5. The number of nitrogens with one attached hydrogen (secondary N) is 2. The molecule has 0 saturated carbocycles. The zero-order valence-corrected chi connectivity index (χ0v) is 24.7. The maximum Gasteiger partial charge on any atom is 0.341 e. The Morgan fingerprint density at radius 1 is 1.24 bits per heavy atom. The molecule has 1 aliphatic heterocycles. The number of nitrogen functional groups attached to an aromatic ring is 1. The van der Waals surface area contributed by atoms with E-state index in [1.807, 2.05) is 0 Å². The molecule has 2 atom stereocenters. The number of alkyl halides is 2. The minimum Gasteiger partial charge on any atom is -0.493 e. The van der Waals surface area contributed by atoms with E-state index in [1.54, 1.807) is 19.9 Å². The van der Waals surface area contributed by atoms with Crippen molar-refractivity contribution in [2.45, 2.75) is 24.2 Å². The molecule has 1 aliphatic rings. The fourth-order valence-electron chi connectivity index (χ4n) is 2.78. The van der Waals surface area contributed by atoms with Gasteiger partial charge in [0.1, 0.15) is 16.7 Å². The van der Waals surface area contributed by atoms with Crippen LogP contribution >= 0.6 is 70.8 Å². The lowest BCUT2D eigenvalue weighted by Crippen LogP contribution is -2.31. The molecule has 0 bridgehead atoms. The number of isothiocyanates is 1. The van der Waals surface area contributed by atoms with Gasteiger partial charge in [0.25, 0.3) is 0 Å². The van der Waals surface area contributed by atoms with Gasteiger partial charge in [0.2, 0.25) is 0 Å². The normalized spacial score (nSPS) is 17.4. The average molecular weight is 636 g/mol. The molecule has 1 aromatic carbocycles. The van der Waals surface area contributed by atoms with Crippen molar-refractivity contribution in [2.75, 3.05) is 29.6 Å². The molecule has 0 aliphatic carbocycles. The van der Waals surface area contributed by atoms with Crippen LogP contribution in [-0.4, -0.2) is 51.0 Å². The van der Waals surface area contributed by atoms with Crippen molar-refractivity contribution < 1.29 is 14.3 Å². The van der Waals surface area contributed by atoms with Crippen LogP contribution in [0.2, 0.25) is 10.0 Å². The maximum absolute atomic E-state index is 12.2. The second-order valence-corrected chi connectivity index (χ2v) is 9.57. The Morgan fingerprint density at radius 2 is 1.92 bits per heavy atom. The second-order valence-electron chi connectivity index (χ2n) is 7.09. The van der Waals surface area contributed by atoms with Gasteiger partial charge in [-0.1, -0.05) is 34.8 Å². The van der Waals surface area contributed by atoms with E-state index in [4.69, 9.17) is 73.8 Å². The molecule has 0 saturated heterocycles. The monoisotopic (exact) mass is 634 g/mol. The standard InChI is InChI=1S/C17H18Cl2N4O3S.C6H4Cl2N2S/c1-3-25-14-6-12(20)13(5-9(14)16(24)26-4-2)22-17(27)23-15-10(18)7-21-8-11(15)19;7-5-3-9-2-1-6(5,8)10-4-11/h5-8H,3-4,20H2,1-2H3,(H2,21,22,23,27);1-3,5H. The van der Waals surface area contributed by atoms with E-state index in [0.29, 0.717) is 39.5 Å². The highest BCUT2D eigenvalue weighted by Gasteiger charge is 2.33. The van der Waals surface area contributed by atoms with Crippen LogP contribution in [0.15, 0.2) is 46.8 Å². The molecule has 202 valence electrons. The second kappa shape index (κ2) is 15.2. The molecule has 4 N–H and O–H groups in total. The topological polar surface area (TPSA) is 123 Å². The quantitative estimate of drug-likeness (QED) is 0.0772. The summed E-state index contributed by atoms with van der Waals surface area (Å²) in [5, 5.41) is 8.30. The molecule has 9 nitrogen and oxygen atoms in total. The lowest BCUT2D eigenvalue weighted by atomic mass is 10.1. The lowest BCUT2D eigenvalue weighted by Gasteiger charge is -2.21. The van der Waals surface area contributed by atoms with Gasteiger partial charge in [0.05, 0.1) is 45.5 Å². The Kier molecular flexibility index (Phi) is 12.7. The molecule has 0 radical (unpaired) electrons. The number of aliphatic imine (C=N–C) groups is 2. The average Bonchev–Trinajstić information content (AvgIpc) is 2.86. The van der Waals surface area contributed by atoms with Crippen LogP contribution in [0.4, 0.5) is 17.1 Å². The van der Waals surface area contributed by atoms with Crippen LogP contribution in [-0.2, 0) is 4.74 Å². The van der Waals surface area contributed by atoms with Gasteiger partial charge in [0, 0.05) is 30.9 Å². The third kappa shape index (κ3) is 8.78. The van der Waals surface area contributed by atoms with Crippen LogP contribution < -0.4 is 21.1 Å². The molecular weight excluding hydrogens is 614 g/mol. The first kappa shape index (κ1) is 31.7. The summed E-state index contributed by atoms with van der Waals surface area (Å²) in [5.41, 5.74) is 7.43. The lowest BCUT2D eigenvalue weighted by molar-refractivity contribution is 0.0522. The predicted molar refractivity (Wildman–Crippen MR) is 163 cm³/mol. The molecule has 38 heavy (non-hydrogen) atoms. The van der Waals surface area contributed by atoms with Crippen LogP contribution in [0.1, 0.15) is 24.2 Å². The van der Waals surface area contributed by atoms with Gasteiger partial charge in [-0.05, 0) is 50.4 Å². The van der Waals surface area contributed by atoms with E-state index in [9.17, 15) is 4.79 Å². The number of carbonyl (C=O) groups excluding carboxylic acids is 1. The van der Waals surface area contributed by atoms with E-state index in [0.717, 1.165) is 0 Å². The van der Waals surface area contributed by atoms with E-state index >= 15 is 0 Å². The number of esters is 1. The number of hydrogen-bond acceptors (Lipinski definition) is 9. The van der Waals surface area contributed by atoms with Crippen molar-refractivity contribution in [2.24, 2.45) is 9.98 Å². The molecule has 2 heterocycles. The van der Waals surface area contributed by atoms with Gasteiger partial charge in [-0.15, -0.1) is 11.6 Å². The molecule has 2 unspecified atom stereocenters. The number of nitrogens with two attached hydrogens (primary N) is 1. The summed E-state index contributed by atoms with van der Waals surface area (Å²) in [7, 11) is 0. The van der Waals surface area contributed by atoms with E-state index < -0.39 is 16.3 Å². The summed E-state index contributed by atoms with van der Waals surface area (Å²) in [6, 6.07) is 3.05. The van der Waals surface area contributed by atoms with Crippen molar-refractivity contribution in [3.05, 3.63) is 52.4 Å². The maximum atomic E-state index is 12.2. The van der Waals surface area contributed by atoms with E-state index in [1.165, 1.54) is 36.9 Å². The molecule has 0 fully saturated rings. The molecular formula is C23H22Cl4N6O3S2. The highest BCUT2D eigenvalue weighted by atomic mass is 35.5. The van der Waals surface area contributed by atoms with Crippen LogP contribution in [0.25, 0.3) is 0 Å². The number of benzene rings is 1. The number of rotatable bonds is 7. The molecule has 3 rings (SSSR count). The SMILES string of the molecule is CCOC(=O)c1cc(NC(=S)Nc2c(Cl)cncc2Cl)c(N)cc1OCC.S=C=NC1(Cl)C=CN=CC1Cl. The Hall–Kier alpha value is -2.50. The Bertz CT molecular complexity index is 1270. The summed E-state index contributed by atoms with van der Waals surface area (Å²) in [6.45, 7) is 4.13. The van der Waals surface area contributed by atoms with Crippen molar-refractivity contribution in [3.8, 4) is 5.75 Å². The van der Waals surface area contributed by atoms with Crippen molar-refractivity contribution >= 4 is 110 Å². The van der Waals surface area contributed by atoms with Gasteiger partial charge in [-0.2, -0.15) is 0 Å². The third-order valence-corrected chi connectivity index (χ3v) is 6.37. The number of halogens is 4. The Balaban J connectivity index is 0.000000384. The number of nitrogens with zero attached hydrogens (tertiary/aromatic N) is 3. The smallest absolute Gasteiger partial charge is 0.341 e. The molecule has 0 spiro atoms. The van der Waals surface area contributed by atoms with Gasteiger partial charge in [0.15, 0.2) is 10.1 Å². The zero-order valence-electron chi connectivity index (χ0n) is 20.0. The first-order chi connectivity index (χ1) is 18.1. The largest absolute Gasteiger partial charge is 0.493 e. The molecule has 2 aromatic rings. The fourth-order valence-corrected chi connectivity index (χ4v) is 4.00. The number of thiocarbonyl (C=S) groups is 2. The minimum absolute atomic E-state index is 0.177. The van der Waals surface area contributed by atoms with E-state index in [2.05, 4.69) is 43.0 Å². The Labute approximate surface area is 250 Å². The van der Waals surface area contributed by atoms with Gasteiger partial charge in [-0.3, -0.25) is 9.98 Å². The van der Waals surface area contributed by atoms with Gasteiger partial charge in [-0.25, -0.2) is 9.79 Å². The highest BCUT2D eigenvalue weighted by Crippen LogP contribution is 2.32. The fraction of sp³-hybridized carbons (Fsp3) is 0.261. The number of aromatic nitrogens is 1. The van der Waals surface area contributed by atoms with E-state index in [-0.39, 0.29) is 17.3 Å². The minimum atomic E-state index is -0.995. The first-order valence-corrected chi connectivity index (χ1v) is 13.2. The molecule has 15 heteroatoms. The summed E-state index contributed by atoms with van der Waals surface area (Å²) in [5.74, 6) is -0.193. The number of anilines is 3. The summed E-state index contributed by atoms with van der Waals surface area (Å²) < 4.78 is 10.5. The zero-order chi connectivity index (χ0) is 28.3. The van der Waals surface area contributed by atoms with Gasteiger partial charge >= 0.3 is 5.97 Å². The number of carbonyl (C=O) groups is 1. The number of pyridine rings is 1. The Morgan fingerprint density at radius 3 is 2.50 bits per heavy atom. The van der Waals surface area contributed by atoms with Gasteiger partial charge < -0.3 is 25.8 Å². The van der Waals surface area contributed by atoms with Crippen molar-refractivity contribution in [1.82, 2.24) is 4.98 Å². The molecule has 1 aromatic heterocycles. The van der Waals surface area contributed by atoms with Crippen molar-refractivity contribution in [3.63, 3.8) is 0 Å². The first-order valence-electron chi connectivity index (χ1n) is 10.8. The third-order valence-electron chi connectivity index (χ3n) is 4.50. The van der Waals surface area contributed by atoms with Crippen LogP contribution in [0.3, 0.4) is 0 Å². The number of ether oxygens (including phenoxy) is 2. The molecule has 0 amide bonds. The van der Waals surface area contributed by atoms with Crippen LogP contribution in [0, 0.1) is 0 Å². The summed E-state index contributed by atoms with van der Waals surface area (Å²) in [6.07, 6.45) is 7.48. The number of hydrogen-bond donors (Lipinski definition) is 3. The van der Waals surface area contributed by atoms with Crippen molar-refractivity contribution in [1.29, 1.82) is 0 Å².